The van der Waals surface area contributed by atoms with Crippen LogP contribution in [0.3, 0.4) is 0 Å². The summed E-state index contributed by atoms with van der Waals surface area (Å²) in [6.07, 6.45) is 0.951. The zero-order valence-electron chi connectivity index (χ0n) is 11.0. The Hall–Kier alpha value is -1.58. The van der Waals surface area contributed by atoms with Crippen LogP contribution >= 0.6 is 0 Å². The van der Waals surface area contributed by atoms with Crippen molar-refractivity contribution in [2.75, 3.05) is 18.9 Å². The van der Waals surface area contributed by atoms with Crippen LogP contribution in [0.4, 0.5) is 5.82 Å². The Balaban J connectivity index is 2.80. The molecule has 0 atom stereocenters. The summed E-state index contributed by atoms with van der Waals surface area (Å²) < 4.78 is 0. The van der Waals surface area contributed by atoms with E-state index < -0.39 is 0 Å². The number of pyridine rings is 1. The van der Waals surface area contributed by atoms with E-state index in [1.807, 2.05) is 32.9 Å². The molecule has 1 rings (SSSR count). The summed E-state index contributed by atoms with van der Waals surface area (Å²) in [5.41, 5.74) is 0.492. The number of anilines is 1. The van der Waals surface area contributed by atoms with E-state index in [0.29, 0.717) is 11.7 Å². The molecule has 0 spiro atoms. The van der Waals surface area contributed by atoms with E-state index in [4.69, 9.17) is 0 Å². The number of carbonyl (C=O) groups is 1. The maximum Gasteiger partial charge on any atom is 0.272 e. The molecule has 0 unspecified atom stereocenters. The van der Waals surface area contributed by atoms with E-state index in [9.17, 15) is 4.79 Å². The fourth-order valence-electron chi connectivity index (χ4n) is 1.56. The second kappa shape index (κ2) is 6.23. The van der Waals surface area contributed by atoms with Crippen LogP contribution in [0.15, 0.2) is 18.2 Å². The Bertz CT molecular complexity index is 377. The number of carbonyl (C=O) groups excluding carboxylic acids is 1. The molecule has 0 saturated heterocycles. The maximum atomic E-state index is 12.0. The average molecular weight is 235 g/mol. The van der Waals surface area contributed by atoms with Gasteiger partial charge < -0.3 is 10.2 Å². The number of hydrogen-bond donors (Lipinski definition) is 1. The monoisotopic (exact) mass is 235 g/mol. The van der Waals surface area contributed by atoms with Crippen LogP contribution in [-0.4, -0.2) is 35.4 Å². The van der Waals surface area contributed by atoms with Gasteiger partial charge in [0.1, 0.15) is 11.5 Å². The third kappa shape index (κ3) is 4.06. The van der Waals surface area contributed by atoms with Crippen molar-refractivity contribution in [3.8, 4) is 0 Å². The van der Waals surface area contributed by atoms with Crippen LogP contribution in [-0.2, 0) is 0 Å². The van der Waals surface area contributed by atoms with Gasteiger partial charge in [0.15, 0.2) is 0 Å². The quantitative estimate of drug-likeness (QED) is 0.852. The van der Waals surface area contributed by atoms with Gasteiger partial charge >= 0.3 is 0 Å². The number of aromatic nitrogens is 1. The van der Waals surface area contributed by atoms with E-state index in [-0.39, 0.29) is 5.91 Å². The molecular formula is C13H21N3O. The molecule has 94 valence electrons. The SMILES string of the molecule is CCCN(C)C(=O)c1cccc(NC(C)C)n1. The van der Waals surface area contributed by atoms with Gasteiger partial charge in [-0.2, -0.15) is 0 Å². The van der Waals surface area contributed by atoms with Crippen molar-refractivity contribution in [2.24, 2.45) is 0 Å². The molecule has 1 heterocycles. The van der Waals surface area contributed by atoms with Crippen LogP contribution in [0.5, 0.6) is 0 Å². The van der Waals surface area contributed by atoms with Crippen molar-refractivity contribution >= 4 is 11.7 Å². The Morgan fingerprint density at radius 3 is 2.76 bits per heavy atom. The number of amides is 1. The minimum atomic E-state index is -0.0285. The number of nitrogens with zero attached hydrogens (tertiary/aromatic N) is 2. The van der Waals surface area contributed by atoms with Crippen LogP contribution in [0, 0.1) is 0 Å². The first-order valence-corrected chi connectivity index (χ1v) is 6.03. The second-order valence-electron chi connectivity index (χ2n) is 4.43. The molecule has 0 bridgehead atoms. The zero-order valence-corrected chi connectivity index (χ0v) is 11.0. The van der Waals surface area contributed by atoms with Gasteiger partial charge in [0.25, 0.3) is 5.91 Å². The molecule has 4 nitrogen and oxygen atoms in total. The topological polar surface area (TPSA) is 45.2 Å². The molecule has 1 N–H and O–H groups in total. The highest BCUT2D eigenvalue weighted by Gasteiger charge is 2.12. The van der Waals surface area contributed by atoms with Gasteiger partial charge in [0, 0.05) is 19.6 Å². The Morgan fingerprint density at radius 1 is 1.47 bits per heavy atom. The van der Waals surface area contributed by atoms with Gasteiger partial charge in [0.05, 0.1) is 0 Å². The number of nitrogens with one attached hydrogen (secondary N) is 1. The van der Waals surface area contributed by atoms with Crippen molar-refractivity contribution in [2.45, 2.75) is 33.2 Å². The lowest BCUT2D eigenvalue weighted by molar-refractivity contribution is 0.0789. The van der Waals surface area contributed by atoms with E-state index in [2.05, 4.69) is 10.3 Å². The molecule has 4 heteroatoms. The molecule has 1 aromatic rings. The first kappa shape index (κ1) is 13.5. The van der Waals surface area contributed by atoms with Gasteiger partial charge in [-0.25, -0.2) is 4.98 Å². The van der Waals surface area contributed by atoms with Gasteiger partial charge in [-0.3, -0.25) is 4.79 Å². The highest BCUT2D eigenvalue weighted by atomic mass is 16.2. The molecule has 1 aromatic heterocycles. The largest absolute Gasteiger partial charge is 0.368 e. The molecule has 0 saturated carbocycles. The minimum absolute atomic E-state index is 0.0285. The lowest BCUT2D eigenvalue weighted by atomic mass is 10.3. The summed E-state index contributed by atoms with van der Waals surface area (Å²) >= 11 is 0. The molecule has 1 amide bonds. The van der Waals surface area contributed by atoms with Crippen LogP contribution in [0.2, 0.25) is 0 Å². The number of hydrogen-bond acceptors (Lipinski definition) is 3. The predicted molar refractivity (Wildman–Crippen MR) is 70.2 cm³/mol. The van der Waals surface area contributed by atoms with E-state index >= 15 is 0 Å². The summed E-state index contributed by atoms with van der Waals surface area (Å²) in [6.45, 7) is 6.88. The minimum Gasteiger partial charge on any atom is -0.368 e. The summed E-state index contributed by atoms with van der Waals surface area (Å²) in [5.74, 6) is 0.718. The zero-order chi connectivity index (χ0) is 12.8. The van der Waals surface area contributed by atoms with Crippen LogP contribution in [0.25, 0.3) is 0 Å². The van der Waals surface area contributed by atoms with Crippen LogP contribution < -0.4 is 5.32 Å². The van der Waals surface area contributed by atoms with Crippen molar-refractivity contribution in [1.29, 1.82) is 0 Å². The molecule has 0 aliphatic rings. The lowest BCUT2D eigenvalue weighted by Gasteiger charge is -2.16. The summed E-state index contributed by atoms with van der Waals surface area (Å²) in [7, 11) is 1.80. The first-order valence-electron chi connectivity index (χ1n) is 6.03. The highest BCUT2D eigenvalue weighted by Crippen LogP contribution is 2.08. The standard InChI is InChI=1S/C13H21N3O/c1-5-9-16(4)13(17)11-7-6-8-12(15-11)14-10(2)3/h6-8,10H,5,9H2,1-4H3,(H,14,15). The molecule has 0 fully saturated rings. The average Bonchev–Trinajstić information content (AvgIpc) is 2.28. The second-order valence-corrected chi connectivity index (χ2v) is 4.43. The van der Waals surface area contributed by atoms with Gasteiger partial charge in [-0.15, -0.1) is 0 Å². The Kier molecular flexibility index (Phi) is 4.94. The van der Waals surface area contributed by atoms with Crippen molar-refractivity contribution in [1.82, 2.24) is 9.88 Å². The third-order valence-corrected chi connectivity index (χ3v) is 2.31. The van der Waals surface area contributed by atoms with Crippen molar-refractivity contribution in [3.63, 3.8) is 0 Å². The third-order valence-electron chi connectivity index (χ3n) is 2.31. The fourth-order valence-corrected chi connectivity index (χ4v) is 1.56. The molecular weight excluding hydrogens is 214 g/mol. The van der Waals surface area contributed by atoms with Crippen molar-refractivity contribution < 1.29 is 4.79 Å². The first-order chi connectivity index (χ1) is 8.04. The molecule has 0 aromatic carbocycles. The molecule has 0 aliphatic heterocycles. The molecule has 17 heavy (non-hydrogen) atoms. The highest BCUT2D eigenvalue weighted by molar-refractivity contribution is 5.92. The lowest BCUT2D eigenvalue weighted by Crippen LogP contribution is -2.28. The molecule has 0 aliphatic carbocycles. The Labute approximate surface area is 103 Å². The van der Waals surface area contributed by atoms with E-state index in [1.165, 1.54) is 0 Å². The predicted octanol–water partition coefficient (Wildman–Crippen LogP) is 2.38. The van der Waals surface area contributed by atoms with Gasteiger partial charge in [0.2, 0.25) is 0 Å². The normalized spacial score (nSPS) is 10.4. The van der Waals surface area contributed by atoms with E-state index in [0.717, 1.165) is 18.8 Å². The van der Waals surface area contributed by atoms with Crippen molar-refractivity contribution in [3.05, 3.63) is 23.9 Å². The van der Waals surface area contributed by atoms with Gasteiger partial charge in [-0.05, 0) is 32.4 Å². The summed E-state index contributed by atoms with van der Waals surface area (Å²) in [4.78, 5) is 18.0. The van der Waals surface area contributed by atoms with E-state index in [1.54, 1.807) is 18.0 Å². The smallest absolute Gasteiger partial charge is 0.272 e. The maximum absolute atomic E-state index is 12.0. The summed E-state index contributed by atoms with van der Waals surface area (Å²) in [6, 6.07) is 5.78. The van der Waals surface area contributed by atoms with Gasteiger partial charge in [-0.1, -0.05) is 13.0 Å². The Morgan fingerprint density at radius 2 is 2.18 bits per heavy atom. The molecule has 0 radical (unpaired) electrons. The van der Waals surface area contributed by atoms with Crippen LogP contribution in [0.1, 0.15) is 37.7 Å². The fraction of sp³-hybridized carbons (Fsp3) is 0.538. The summed E-state index contributed by atoms with van der Waals surface area (Å²) in [5, 5.41) is 3.19. The number of rotatable bonds is 5.